The number of aromatic amines is 1. The highest BCUT2D eigenvalue weighted by Gasteiger charge is 2.17. The molecule has 7 heteroatoms. The second-order valence-corrected chi connectivity index (χ2v) is 8.11. The zero-order chi connectivity index (χ0) is 20.6. The van der Waals surface area contributed by atoms with Crippen LogP contribution < -0.4 is 15.6 Å². The quantitative estimate of drug-likeness (QED) is 0.641. The van der Waals surface area contributed by atoms with Crippen LogP contribution in [0.4, 0.5) is 0 Å². The van der Waals surface area contributed by atoms with E-state index in [4.69, 9.17) is 4.74 Å². The number of H-pyrrole nitrogens is 1. The zero-order valence-corrected chi connectivity index (χ0v) is 17.2. The van der Waals surface area contributed by atoms with Crippen molar-refractivity contribution < 1.29 is 9.53 Å². The topological polar surface area (TPSA) is 97.0 Å². The van der Waals surface area contributed by atoms with E-state index in [1.807, 2.05) is 24.3 Å². The number of aromatic nitrogens is 3. The van der Waals surface area contributed by atoms with Crippen molar-refractivity contribution >= 4 is 5.91 Å². The fourth-order valence-corrected chi connectivity index (χ4v) is 3.06. The van der Waals surface area contributed by atoms with Gasteiger partial charge in [0.05, 0.1) is 6.61 Å². The number of nitrogens with one attached hydrogen (secondary N) is 2. The highest BCUT2D eigenvalue weighted by atomic mass is 16.5. The summed E-state index contributed by atoms with van der Waals surface area (Å²) >= 11 is 0. The first-order valence-electron chi connectivity index (χ1n) is 10.5. The predicted molar refractivity (Wildman–Crippen MR) is 112 cm³/mol. The molecule has 29 heavy (non-hydrogen) atoms. The first-order valence-corrected chi connectivity index (χ1v) is 10.5. The molecule has 7 nitrogen and oxygen atoms in total. The molecule has 0 atom stereocenters. The minimum Gasteiger partial charge on any atom is -0.493 e. The SMILES string of the molecule is CC(C)CCNC(=O)CCc1nnc(-c2ccc(OCC3CCC3)cc2)[nH]c1=O. The average molecular weight is 399 g/mol. The lowest BCUT2D eigenvalue weighted by Crippen LogP contribution is -2.27. The van der Waals surface area contributed by atoms with Crippen LogP contribution in [0.25, 0.3) is 11.4 Å². The van der Waals surface area contributed by atoms with Gasteiger partial charge in [-0.1, -0.05) is 20.3 Å². The molecule has 0 unspecified atom stereocenters. The molecule has 1 aromatic carbocycles. The monoisotopic (exact) mass is 398 g/mol. The normalized spacial score (nSPS) is 13.9. The number of hydrogen-bond acceptors (Lipinski definition) is 5. The summed E-state index contributed by atoms with van der Waals surface area (Å²) in [5, 5.41) is 11.0. The van der Waals surface area contributed by atoms with Crippen molar-refractivity contribution in [2.24, 2.45) is 11.8 Å². The Labute approximate surface area is 171 Å². The molecule has 1 aliphatic carbocycles. The van der Waals surface area contributed by atoms with Crippen molar-refractivity contribution in [3.05, 3.63) is 40.3 Å². The number of nitrogens with zero attached hydrogens (tertiary/aromatic N) is 2. The lowest BCUT2D eigenvalue weighted by molar-refractivity contribution is -0.121. The number of amides is 1. The molecule has 2 N–H and O–H groups in total. The summed E-state index contributed by atoms with van der Waals surface area (Å²) < 4.78 is 5.79. The van der Waals surface area contributed by atoms with Gasteiger partial charge in [-0.05, 0) is 55.4 Å². The third kappa shape index (κ3) is 6.41. The van der Waals surface area contributed by atoms with Gasteiger partial charge < -0.3 is 15.0 Å². The Balaban J connectivity index is 1.52. The van der Waals surface area contributed by atoms with E-state index >= 15 is 0 Å². The summed E-state index contributed by atoms with van der Waals surface area (Å²) in [4.78, 5) is 26.9. The Kier molecular flexibility index (Phi) is 7.38. The molecule has 1 fully saturated rings. The number of benzene rings is 1. The molecule has 1 amide bonds. The van der Waals surface area contributed by atoms with Crippen molar-refractivity contribution in [1.82, 2.24) is 20.5 Å². The summed E-state index contributed by atoms with van der Waals surface area (Å²) in [6.07, 6.45) is 5.23. The minimum absolute atomic E-state index is 0.0755. The van der Waals surface area contributed by atoms with Crippen LogP contribution in [0.2, 0.25) is 0 Å². The maximum Gasteiger partial charge on any atom is 0.273 e. The van der Waals surface area contributed by atoms with Crippen LogP contribution in [0.15, 0.2) is 29.1 Å². The van der Waals surface area contributed by atoms with Gasteiger partial charge in [0.1, 0.15) is 11.4 Å². The molecule has 1 saturated carbocycles. The van der Waals surface area contributed by atoms with Crippen LogP contribution in [-0.4, -0.2) is 34.2 Å². The Morgan fingerprint density at radius 2 is 2.00 bits per heavy atom. The molecule has 2 aromatic rings. The molecule has 0 spiro atoms. The highest BCUT2D eigenvalue weighted by Crippen LogP contribution is 2.27. The fraction of sp³-hybridized carbons (Fsp3) is 0.545. The van der Waals surface area contributed by atoms with Gasteiger partial charge in [0.15, 0.2) is 5.82 Å². The van der Waals surface area contributed by atoms with E-state index in [0.717, 1.165) is 24.3 Å². The van der Waals surface area contributed by atoms with Crippen LogP contribution in [-0.2, 0) is 11.2 Å². The molecule has 1 heterocycles. The van der Waals surface area contributed by atoms with Gasteiger partial charge in [-0.3, -0.25) is 9.59 Å². The van der Waals surface area contributed by atoms with E-state index in [1.54, 1.807) is 0 Å². The van der Waals surface area contributed by atoms with Crippen LogP contribution in [0.1, 0.15) is 51.6 Å². The van der Waals surface area contributed by atoms with Crippen LogP contribution in [0.5, 0.6) is 5.75 Å². The average Bonchev–Trinajstić information content (AvgIpc) is 2.66. The second kappa shape index (κ2) is 10.2. The van der Waals surface area contributed by atoms with E-state index in [1.165, 1.54) is 19.3 Å². The highest BCUT2D eigenvalue weighted by molar-refractivity contribution is 5.76. The summed E-state index contributed by atoms with van der Waals surface area (Å²) in [7, 11) is 0. The largest absolute Gasteiger partial charge is 0.493 e. The van der Waals surface area contributed by atoms with E-state index < -0.39 is 0 Å². The van der Waals surface area contributed by atoms with Crippen molar-refractivity contribution in [3.63, 3.8) is 0 Å². The third-order valence-corrected chi connectivity index (χ3v) is 5.24. The van der Waals surface area contributed by atoms with Crippen molar-refractivity contribution in [1.29, 1.82) is 0 Å². The lowest BCUT2D eigenvalue weighted by Gasteiger charge is -2.25. The molecule has 0 radical (unpaired) electrons. The Morgan fingerprint density at radius 3 is 2.62 bits per heavy atom. The van der Waals surface area contributed by atoms with Gasteiger partial charge in [0.25, 0.3) is 5.56 Å². The van der Waals surface area contributed by atoms with Gasteiger partial charge >= 0.3 is 0 Å². The smallest absolute Gasteiger partial charge is 0.273 e. The first kappa shape index (κ1) is 21.0. The van der Waals surface area contributed by atoms with Crippen molar-refractivity contribution in [2.75, 3.05) is 13.2 Å². The van der Waals surface area contributed by atoms with Gasteiger partial charge in [-0.2, -0.15) is 0 Å². The number of aryl methyl sites for hydroxylation is 1. The number of carbonyl (C=O) groups is 1. The minimum atomic E-state index is -0.310. The van der Waals surface area contributed by atoms with Crippen molar-refractivity contribution in [2.45, 2.75) is 52.4 Å². The van der Waals surface area contributed by atoms with E-state index in [-0.39, 0.29) is 30.0 Å². The molecular formula is C22H30N4O3. The molecule has 1 aliphatic rings. The van der Waals surface area contributed by atoms with Gasteiger partial charge in [-0.15, -0.1) is 10.2 Å². The standard InChI is InChI=1S/C22H30N4O3/c1-15(2)12-13-23-20(27)11-10-19-22(28)24-21(26-25-19)17-6-8-18(9-7-17)29-14-16-4-3-5-16/h6-9,15-16H,3-5,10-14H2,1-2H3,(H,23,27)(H,24,26,28). The molecular weight excluding hydrogens is 368 g/mol. The van der Waals surface area contributed by atoms with Crippen LogP contribution >= 0.6 is 0 Å². The zero-order valence-electron chi connectivity index (χ0n) is 17.2. The van der Waals surface area contributed by atoms with Gasteiger partial charge in [-0.25, -0.2) is 0 Å². The molecule has 1 aromatic heterocycles. The number of carbonyl (C=O) groups excluding carboxylic acids is 1. The van der Waals surface area contributed by atoms with Gasteiger partial charge in [0.2, 0.25) is 5.91 Å². The maximum absolute atomic E-state index is 12.3. The third-order valence-electron chi connectivity index (χ3n) is 5.24. The number of rotatable bonds is 10. The maximum atomic E-state index is 12.3. The molecule has 0 bridgehead atoms. The molecule has 0 saturated heterocycles. The van der Waals surface area contributed by atoms with Crippen LogP contribution in [0.3, 0.4) is 0 Å². The summed E-state index contributed by atoms with van der Waals surface area (Å²) in [5.74, 6) is 2.37. The predicted octanol–water partition coefficient (Wildman–Crippen LogP) is 3.11. The summed E-state index contributed by atoms with van der Waals surface area (Å²) in [6, 6.07) is 7.47. The number of ether oxygens (including phenoxy) is 1. The van der Waals surface area contributed by atoms with E-state index in [9.17, 15) is 9.59 Å². The Morgan fingerprint density at radius 1 is 1.24 bits per heavy atom. The number of hydrogen-bond donors (Lipinski definition) is 2. The molecule has 3 rings (SSSR count). The Bertz CT molecular complexity index is 857. The van der Waals surface area contributed by atoms with Gasteiger partial charge in [0, 0.05) is 24.9 Å². The van der Waals surface area contributed by atoms with Crippen LogP contribution in [0, 0.1) is 11.8 Å². The summed E-state index contributed by atoms with van der Waals surface area (Å²) in [5.41, 5.74) is 0.729. The molecule has 0 aliphatic heterocycles. The van der Waals surface area contributed by atoms with E-state index in [0.29, 0.717) is 24.2 Å². The fourth-order valence-electron chi connectivity index (χ4n) is 3.06. The lowest BCUT2D eigenvalue weighted by atomic mass is 9.86. The Hall–Kier alpha value is -2.70. The molecule has 156 valence electrons. The summed E-state index contributed by atoms with van der Waals surface area (Å²) in [6.45, 7) is 5.63. The van der Waals surface area contributed by atoms with Crippen molar-refractivity contribution in [3.8, 4) is 17.1 Å². The van der Waals surface area contributed by atoms with E-state index in [2.05, 4.69) is 34.3 Å². The second-order valence-electron chi connectivity index (χ2n) is 8.11. The first-order chi connectivity index (χ1) is 14.0.